The van der Waals surface area contributed by atoms with E-state index in [1.54, 1.807) is 35.1 Å². The van der Waals surface area contributed by atoms with Crippen molar-refractivity contribution in [1.82, 2.24) is 15.1 Å². The maximum absolute atomic E-state index is 12.8. The molecule has 0 fully saturated rings. The van der Waals surface area contributed by atoms with E-state index >= 15 is 0 Å². The van der Waals surface area contributed by atoms with Crippen molar-refractivity contribution in [3.05, 3.63) is 72.1 Å². The Hall–Kier alpha value is -2.64. The summed E-state index contributed by atoms with van der Waals surface area (Å²) >= 11 is 0. The Kier molecular flexibility index (Phi) is 5.69. The lowest BCUT2D eigenvalue weighted by molar-refractivity contribution is 0.459. The fourth-order valence-electron chi connectivity index (χ4n) is 3.75. The Balaban J connectivity index is 1.47. The highest BCUT2D eigenvalue weighted by Crippen LogP contribution is 2.26. The smallest absolute Gasteiger partial charge is 0.261 e. The minimum Gasteiger partial charge on any atom is -0.314 e. The van der Waals surface area contributed by atoms with Gasteiger partial charge >= 0.3 is 0 Å². The van der Waals surface area contributed by atoms with Crippen molar-refractivity contribution in [3.8, 4) is 5.69 Å². The number of hydrogen-bond donors (Lipinski definition) is 2. The van der Waals surface area contributed by atoms with Crippen LogP contribution in [-0.4, -0.2) is 30.8 Å². The molecule has 0 bridgehead atoms. The molecule has 7 heteroatoms. The molecule has 1 atom stereocenters. The van der Waals surface area contributed by atoms with E-state index < -0.39 is 10.0 Å². The zero-order chi connectivity index (χ0) is 20.3. The third-order valence-corrected chi connectivity index (χ3v) is 6.68. The van der Waals surface area contributed by atoms with Gasteiger partial charge in [0.15, 0.2) is 0 Å². The summed E-state index contributed by atoms with van der Waals surface area (Å²) in [5, 5.41) is 7.74. The van der Waals surface area contributed by atoms with Gasteiger partial charge in [0.05, 0.1) is 10.6 Å². The van der Waals surface area contributed by atoms with E-state index in [1.807, 2.05) is 30.5 Å². The van der Waals surface area contributed by atoms with Crippen molar-refractivity contribution in [2.24, 2.45) is 0 Å². The molecule has 2 N–H and O–H groups in total. The molecule has 0 amide bonds. The first kappa shape index (κ1) is 19.7. The lowest BCUT2D eigenvalue weighted by atomic mass is 9.88. The molecule has 0 spiro atoms. The minimum absolute atomic E-state index is 0.231. The largest absolute Gasteiger partial charge is 0.314 e. The molecule has 2 aromatic carbocycles. The number of aryl methyl sites for hydroxylation is 1. The van der Waals surface area contributed by atoms with Gasteiger partial charge in [-0.2, -0.15) is 5.10 Å². The Morgan fingerprint density at radius 2 is 1.97 bits per heavy atom. The van der Waals surface area contributed by atoms with Crippen LogP contribution < -0.4 is 10.0 Å². The maximum atomic E-state index is 12.8. The Labute approximate surface area is 172 Å². The van der Waals surface area contributed by atoms with Crippen LogP contribution in [0, 0.1) is 0 Å². The number of benzene rings is 2. The minimum atomic E-state index is -3.64. The summed E-state index contributed by atoms with van der Waals surface area (Å²) < 4.78 is 30.0. The summed E-state index contributed by atoms with van der Waals surface area (Å²) in [7, 11) is -3.64. The van der Waals surface area contributed by atoms with Crippen LogP contribution in [-0.2, 0) is 22.9 Å². The molecule has 1 heterocycles. The lowest BCUT2D eigenvalue weighted by Gasteiger charge is -2.26. The molecule has 1 aliphatic rings. The molecular weight excluding hydrogens is 384 g/mol. The average molecular weight is 411 g/mol. The highest BCUT2D eigenvalue weighted by molar-refractivity contribution is 7.92. The van der Waals surface area contributed by atoms with Gasteiger partial charge in [-0.25, -0.2) is 13.1 Å². The highest BCUT2D eigenvalue weighted by Gasteiger charge is 2.20. The fraction of sp³-hybridized carbons (Fsp3) is 0.318. The first-order chi connectivity index (χ1) is 14.0. The van der Waals surface area contributed by atoms with Gasteiger partial charge in [0, 0.05) is 24.1 Å². The maximum Gasteiger partial charge on any atom is 0.261 e. The fourth-order valence-corrected chi connectivity index (χ4v) is 4.80. The Morgan fingerprint density at radius 1 is 1.14 bits per heavy atom. The van der Waals surface area contributed by atoms with Crippen LogP contribution in [0.2, 0.25) is 0 Å². The van der Waals surface area contributed by atoms with E-state index in [-0.39, 0.29) is 4.90 Å². The lowest BCUT2D eigenvalue weighted by Crippen LogP contribution is -2.35. The van der Waals surface area contributed by atoms with E-state index in [0.717, 1.165) is 37.9 Å². The van der Waals surface area contributed by atoms with E-state index in [2.05, 4.69) is 22.1 Å². The molecule has 0 saturated carbocycles. The first-order valence-electron chi connectivity index (χ1n) is 10.0. The van der Waals surface area contributed by atoms with Crippen LogP contribution in [0.1, 0.15) is 30.9 Å². The predicted octanol–water partition coefficient (Wildman–Crippen LogP) is 3.53. The number of fused-ring (bicyclic) bond motifs is 1. The molecule has 0 saturated heterocycles. The van der Waals surface area contributed by atoms with Crippen molar-refractivity contribution in [2.75, 3.05) is 11.3 Å². The van der Waals surface area contributed by atoms with Crippen molar-refractivity contribution in [1.29, 1.82) is 0 Å². The van der Waals surface area contributed by atoms with Crippen molar-refractivity contribution in [3.63, 3.8) is 0 Å². The van der Waals surface area contributed by atoms with Crippen molar-refractivity contribution < 1.29 is 8.42 Å². The van der Waals surface area contributed by atoms with Gasteiger partial charge in [0.1, 0.15) is 0 Å². The third-order valence-electron chi connectivity index (χ3n) is 5.29. The van der Waals surface area contributed by atoms with Crippen LogP contribution in [0.4, 0.5) is 5.69 Å². The number of nitrogens with zero attached hydrogens (tertiary/aromatic N) is 2. The van der Waals surface area contributed by atoms with Gasteiger partial charge in [-0.15, -0.1) is 0 Å². The SMILES string of the molecule is CCCN[C@H]1CCc2cc(NS(=O)(=O)c3ccc(-n4cccn4)cc3)ccc2C1. The second-order valence-corrected chi connectivity index (χ2v) is 9.11. The number of rotatable bonds is 7. The summed E-state index contributed by atoms with van der Waals surface area (Å²) in [5.74, 6) is 0. The summed E-state index contributed by atoms with van der Waals surface area (Å²) in [5.41, 5.74) is 3.96. The molecule has 6 nitrogen and oxygen atoms in total. The molecule has 1 aliphatic carbocycles. The summed E-state index contributed by atoms with van der Waals surface area (Å²) in [6, 6.07) is 14.9. The summed E-state index contributed by atoms with van der Waals surface area (Å²) in [4.78, 5) is 0.231. The van der Waals surface area contributed by atoms with Gasteiger partial charge in [-0.05, 0) is 85.8 Å². The van der Waals surface area contributed by atoms with Crippen LogP contribution in [0.25, 0.3) is 5.69 Å². The van der Waals surface area contributed by atoms with Crippen molar-refractivity contribution >= 4 is 15.7 Å². The third kappa shape index (κ3) is 4.52. The molecule has 29 heavy (non-hydrogen) atoms. The number of hydrogen-bond acceptors (Lipinski definition) is 4. The van der Waals surface area contributed by atoms with Gasteiger partial charge in [0.2, 0.25) is 0 Å². The highest BCUT2D eigenvalue weighted by atomic mass is 32.2. The van der Waals surface area contributed by atoms with Gasteiger partial charge in [0.25, 0.3) is 10.0 Å². The summed E-state index contributed by atoms with van der Waals surface area (Å²) in [6.07, 6.45) is 7.68. The van der Waals surface area contributed by atoms with Crippen LogP contribution in [0.5, 0.6) is 0 Å². The molecule has 0 aliphatic heterocycles. The van der Waals surface area contributed by atoms with Crippen LogP contribution in [0.15, 0.2) is 65.8 Å². The van der Waals surface area contributed by atoms with E-state index in [9.17, 15) is 8.42 Å². The van der Waals surface area contributed by atoms with Crippen LogP contribution >= 0.6 is 0 Å². The van der Waals surface area contributed by atoms with Gasteiger partial charge in [-0.1, -0.05) is 13.0 Å². The number of sulfonamides is 1. The number of nitrogens with one attached hydrogen (secondary N) is 2. The zero-order valence-corrected chi connectivity index (χ0v) is 17.3. The normalized spacial score (nSPS) is 16.4. The molecule has 4 rings (SSSR count). The molecule has 0 unspecified atom stereocenters. The van der Waals surface area contributed by atoms with Gasteiger partial charge in [-0.3, -0.25) is 4.72 Å². The standard InChI is InChI=1S/C22H26N4O2S/c1-2-12-23-19-6-4-18-16-20(7-5-17(18)15-19)25-29(27,28)22-10-8-21(9-11-22)26-14-3-13-24-26/h3,5,7-11,13-14,16,19,23,25H,2,4,6,12,15H2,1H3/t19-/m0/s1. The second-order valence-electron chi connectivity index (χ2n) is 7.43. The number of aromatic nitrogens is 2. The molecule has 152 valence electrons. The van der Waals surface area contributed by atoms with E-state index in [0.29, 0.717) is 11.7 Å². The molecule has 0 radical (unpaired) electrons. The average Bonchev–Trinajstić information content (AvgIpc) is 3.27. The molecular formula is C22H26N4O2S. The Morgan fingerprint density at radius 3 is 2.69 bits per heavy atom. The van der Waals surface area contributed by atoms with Gasteiger partial charge < -0.3 is 5.32 Å². The number of anilines is 1. The quantitative estimate of drug-likeness (QED) is 0.625. The zero-order valence-electron chi connectivity index (χ0n) is 16.5. The summed E-state index contributed by atoms with van der Waals surface area (Å²) in [6.45, 7) is 3.21. The molecule has 3 aromatic rings. The predicted molar refractivity (Wildman–Crippen MR) is 115 cm³/mol. The first-order valence-corrected chi connectivity index (χ1v) is 11.5. The topological polar surface area (TPSA) is 76.0 Å². The van der Waals surface area contributed by atoms with E-state index in [4.69, 9.17) is 0 Å². The van der Waals surface area contributed by atoms with Crippen LogP contribution in [0.3, 0.4) is 0 Å². The monoisotopic (exact) mass is 410 g/mol. The van der Waals surface area contributed by atoms with Crippen molar-refractivity contribution in [2.45, 2.75) is 43.5 Å². The molecule has 1 aromatic heterocycles. The second kappa shape index (κ2) is 8.39. The van der Waals surface area contributed by atoms with E-state index in [1.165, 1.54) is 11.1 Å². The Bertz CT molecular complexity index is 1060.